The molecule has 98 valence electrons. The van der Waals surface area contributed by atoms with Crippen molar-refractivity contribution in [3.8, 4) is 0 Å². The molecule has 0 aliphatic carbocycles. The number of rotatable bonds is 6. The summed E-state index contributed by atoms with van der Waals surface area (Å²) in [6.45, 7) is 3.81. The predicted molar refractivity (Wildman–Crippen MR) is 67.3 cm³/mol. The Labute approximate surface area is 106 Å². The molecule has 0 radical (unpaired) electrons. The highest BCUT2D eigenvalue weighted by atomic mass is 16.4. The summed E-state index contributed by atoms with van der Waals surface area (Å²) in [6.07, 6.45) is 2.95. The van der Waals surface area contributed by atoms with Gasteiger partial charge in [-0.25, -0.2) is 0 Å². The SMILES string of the molecule is CCCC(CNC(=O)c1cccnc1C)C(=O)O. The molecule has 1 unspecified atom stereocenters. The maximum atomic E-state index is 11.9. The van der Waals surface area contributed by atoms with Gasteiger partial charge in [0.15, 0.2) is 0 Å². The van der Waals surface area contributed by atoms with Gasteiger partial charge < -0.3 is 10.4 Å². The van der Waals surface area contributed by atoms with Crippen molar-refractivity contribution < 1.29 is 14.7 Å². The van der Waals surface area contributed by atoms with Gasteiger partial charge in [0.2, 0.25) is 0 Å². The minimum atomic E-state index is -0.875. The quantitative estimate of drug-likeness (QED) is 0.804. The molecule has 0 spiro atoms. The summed E-state index contributed by atoms with van der Waals surface area (Å²) in [5.41, 5.74) is 1.12. The van der Waals surface area contributed by atoms with Gasteiger partial charge in [-0.15, -0.1) is 0 Å². The van der Waals surface area contributed by atoms with Crippen LogP contribution in [0.25, 0.3) is 0 Å². The highest BCUT2D eigenvalue weighted by Gasteiger charge is 2.18. The van der Waals surface area contributed by atoms with E-state index in [2.05, 4.69) is 10.3 Å². The van der Waals surface area contributed by atoms with Gasteiger partial charge in [-0.1, -0.05) is 13.3 Å². The number of hydrogen-bond donors (Lipinski definition) is 2. The van der Waals surface area contributed by atoms with E-state index in [4.69, 9.17) is 5.11 Å². The summed E-state index contributed by atoms with van der Waals surface area (Å²) < 4.78 is 0. The molecule has 1 aromatic rings. The minimum Gasteiger partial charge on any atom is -0.481 e. The van der Waals surface area contributed by atoms with Crippen molar-refractivity contribution in [2.45, 2.75) is 26.7 Å². The lowest BCUT2D eigenvalue weighted by Gasteiger charge is -2.12. The molecule has 0 aromatic carbocycles. The number of carbonyl (C=O) groups is 2. The highest BCUT2D eigenvalue weighted by molar-refractivity contribution is 5.95. The molecule has 1 amide bonds. The van der Waals surface area contributed by atoms with Gasteiger partial charge in [-0.3, -0.25) is 14.6 Å². The van der Waals surface area contributed by atoms with E-state index in [1.807, 2.05) is 6.92 Å². The number of hydrogen-bond acceptors (Lipinski definition) is 3. The average molecular weight is 250 g/mol. The van der Waals surface area contributed by atoms with E-state index in [-0.39, 0.29) is 12.5 Å². The summed E-state index contributed by atoms with van der Waals surface area (Å²) in [5.74, 6) is -1.68. The first-order valence-corrected chi connectivity index (χ1v) is 5.98. The van der Waals surface area contributed by atoms with Crippen molar-refractivity contribution in [2.75, 3.05) is 6.54 Å². The van der Waals surface area contributed by atoms with E-state index in [0.717, 1.165) is 6.42 Å². The zero-order chi connectivity index (χ0) is 13.5. The molecule has 18 heavy (non-hydrogen) atoms. The summed E-state index contributed by atoms with van der Waals surface area (Å²) in [7, 11) is 0. The van der Waals surface area contributed by atoms with Gasteiger partial charge in [0.1, 0.15) is 0 Å². The van der Waals surface area contributed by atoms with E-state index < -0.39 is 11.9 Å². The van der Waals surface area contributed by atoms with Crippen LogP contribution in [0.1, 0.15) is 35.8 Å². The van der Waals surface area contributed by atoms with Crippen molar-refractivity contribution in [3.63, 3.8) is 0 Å². The first-order chi connectivity index (χ1) is 8.56. The van der Waals surface area contributed by atoms with Gasteiger partial charge in [0, 0.05) is 18.4 Å². The molecular formula is C13H18N2O3. The van der Waals surface area contributed by atoms with Crippen molar-refractivity contribution in [2.24, 2.45) is 5.92 Å². The number of aromatic nitrogens is 1. The number of amides is 1. The summed E-state index contributed by atoms with van der Waals surface area (Å²) in [4.78, 5) is 26.8. The van der Waals surface area contributed by atoms with Crippen LogP contribution in [-0.2, 0) is 4.79 Å². The fourth-order valence-electron chi connectivity index (χ4n) is 1.70. The molecule has 0 bridgehead atoms. The van der Waals surface area contributed by atoms with Gasteiger partial charge >= 0.3 is 5.97 Å². The molecule has 0 fully saturated rings. The molecule has 2 N–H and O–H groups in total. The molecule has 5 heteroatoms. The lowest BCUT2D eigenvalue weighted by molar-refractivity contribution is -0.141. The highest BCUT2D eigenvalue weighted by Crippen LogP contribution is 2.07. The lowest BCUT2D eigenvalue weighted by Crippen LogP contribution is -2.33. The predicted octanol–water partition coefficient (Wildman–Crippen LogP) is 1.62. The summed E-state index contributed by atoms with van der Waals surface area (Å²) in [6, 6.07) is 3.36. The Morgan fingerprint density at radius 2 is 2.22 bits per heavy atom. The van der Waals surface area contributed by atoms with Crippen LogP contribution in [0.3, 0.4) is 0 Å². The molecule has 0 saturated heterocycles. The number of carboxylic acids is 1. The number of nitrogens with zero attached hydrogens (tertiary/aromatic N) is 1. The monoisotopic (exact) mass is 250 g/mol. The number of carbonyl (C=O) groups excluding carboxylic acids is 1. The number of aryl methyl sites for hydroxylation is 1. The van der Waals surface area contributed by atoms with Gasteiger partial charge in [0.05, 0.1) is 11.5 Å². The van der Waals surface area contributed by atoms with Crippen molar-refractivity contribution in [1.82, 2.24) is 10.3 Å². The van der Waals surface area contributed by atoms with Crippen LogP contribution < -0.4 is 5.32 Å². The zero-order valence-corrected chi connectivity index (χ0v) is 10.6. The molecule has 0 saturated carbocycles. The van der Waals surface area contributed by atoms with Crippen LogP contribution in [0, 0.1) is 12.8 Å². The zero-order valence-electron chi connectivity index (χ0n) is 10.6. The van der Waals surface area contributed by atoms with Crippen molar-refractivity contribution >= 4 is 11.9 Å². The summed E-state index contributed by atoms with van der Waals surface area (Å²) >= 11 is 0. The lowest BCUT2D eigenvalue weighted by atomic mass is 10.0. The van der Waals surface area contributed by atoms with Gasteiger partial charge in [0.25, 0.3) is 5.91 Å². The van der Waals surface area contributed by atoms with E-state index in [1.165, 1.54) is 0 Å². The maximum absolute atomic E-state index is 11.9. The smallest absolute Gasteiger partial charge is 0.308 e. The maximum Gasteiger partial charge on any atom is 0.308 e. The van der Waals surface area contributed by atoms with Crippen molar-refractivity contribution in [3.05, 3.63) is 29.6 Å². The fourth-order valence-corrected chi connectivity index (χ4v) is 1.70. The van der Waals surface area contributed by atoms with E-state index in [9.17, 15) is 9.59 Å². The average Bonchev–Trinajstić information content (AvgIpc) is 2.34. The van der Waals surface area contributed by atoms with E-state index >= 15 is 0 Å². The van der Waals surface area contributed by atoms with Crippen molar-refractivity contribution in [1.29, 1.82) is 0 Å². The van der Waals surface area contributed by atoms with Crippen LogP contribution in [-0.4, -0.2) is 28.5 Å². The van der Waals surface area contributed by atoms with Crippen LogP contribution in [0.2, 0.25) is 0 Å². The standard InChI is InChI=1S/C13H18N2O3/c1-3-5-10(13(17)18)8-15-12(16)11-6-4-7-14-9(11)2/h4,6-7,10H,3,5,8H2,1-2H3,(H,15,16)(H,17,18). The van der Waals surface area contributed by atoms with Crippen LogP contribution in [0.5, 0.6) is 0 Å². The Bertz CT molecular complexity index is 432. The van der Waals surface area contributed by atoms with Crippen LogP contribution in [0.15, 0.2) is 18.3 Å². The fraction of sp³-hybridized carbons (Fsp3) is 0.462. The number of carboxylic acid groups (broad SMARTS) is 1. The number of pyridine rings is 1. The second-order valence-electron chi connectivity index (χ2n) is 4.17. The molecule has 0 aliphatic rings. The minimum absolute atomic E-state index is 0.149. The first kappa shape index (κ1) is 14.2. The second kappa shape index (κ2) is 6.74. The molecule has 1 heterocycles. The largest absolute Gasteiger partial charge is 0.481 e. The summed E-state index contributed by atoms with van der Waals surface area (Å²) in [5, 5.41) is 11.6. The molecule has 1 aromatic heterocycles. The third kappa shape index (κ3) is 3.84. The third-order valence-corrected chi connectivity index (χ3v) is 2.75. The Morgan fingerprint density at radius 3 is 2.78 bits per heavy atom. The molecule has 0 aliphatic heterocycles. The number of nitrogens with one attached hydrogen (secondary N) is 1. The molecule has 1 rings (SSSR count). The second-order valence-corrected chi connectivity index (χ2v) is 4.17. The molecule has 1 atom stereocenters. The Morgan fingerprint density at radius 1 is 1.50 bits per heavy atom. The van der Waals surface area contributed by atoms with Crippen LogP contribution >= 0.6 is 0 Å². The van der Waals surface area contributed by atoms with Gasteiger partial charge in [-0.05, 0) is 25.5 Å². The van der Waals surface area contributed by atoms with Gasteiger partial charge in [-0.2, -0.15) is 0 Å². The van der Waals surface area contributed by atoms with Crippen LogP contribution in [0.4, 0.5) is 0 Å². The Balaban J connectivity index is 2.60. The van der Waals surface area contributed by atoms with E-state index in [1.54, 1.807) is 25.3 Å². The molecule has 5 nitrogen and oxygen atoms in total. The Hall–Kier alpha value is -1.91. The number of aliphatic carboxylic acids is 1. The normalized spacial score (nSPS) is 11.9. The third-order valence-electron chi connectivity index (χ3n) is 2.75. The Kier molecular flexibility index (Phi) is 5.30. The first-order valence-electron chi connectivity index (χ1n) is 5.98. The topological polar surface area (TPSA) is 79.3 Å². The molecular weight excluding hydrogens is 232 g/mol. The van der Waals surface area contributed by atoms with E-state index in [0.29, 0.717) is 17.7 Å².